The van der Waals surface area contributed by atoms with E-state index in [1.54, 1.807) is 0 Å². The maximum Gasteiger partial charge on any atom is 0.132 e. The molecule has 2 heteroatoms. The molecule has 0 saturated carbocycles. The van der Waals surface area contributed by atoms with Crippen molar-refractivity contribution in [2.24, 2.45) is 0 Å². The minimum Gasteiger partial charge on any atom is -0.457 e. The van der Waals surface area contributed by atoms with E-state index in [0.717, 1.165) is 50.8 Å². The van der Waals surface area contributed by atoms with Crippen LogP contribution in [0.5, 0.6) is 11.5 Å². The summed E-state index contributed by atoms with van der Waals surface area (Å²) in [5, 5.41) is 4.83. The van der Waals surface area contributed by atoms with Crippen molar-refractivity contribution in [1.82, 2.24) is 0 Å². The van der Waals surface area contributed by atoms with Crippen LogP contribution in [0.25, 0.3) is 54.9 Å². The van der Waals surface area contributed by atoms with E-state index in [9.17, 15) is 0 Å². The van der Waals surface area contributed by atoms with Gasteiger partial charge in [-0.3, -0.25) is 0 Å². The quantitative estimate of drug-likeness (QED) is 0.174. The Balaban J connectivity index is 1.13. The van der Waals surface area contributed by atoms with Gasteiger partial charge in [0.15, 0.2) is 0 Å². The zero-order chi connectivity index (χ0) is 38.9. The molecular weight excluding hydrogens is 715 g/mol. The molecule has 10 aromatic carbocycles. The van der Waals surface area contributed by atoms with Gasteiger partial charge < -0.3 is 9.64 Å². The van der Waals surface area contributed by atoms with Crippen LogP contribution in [0.1, 0.15) is 22.3 Å². The molecule has 0 saturated heterocycles. The number of nitrogens with zero attached hydrogens (tertiary/aromatic N) is 1. The third-order valence-corrected chi connectivity index (χ3v) is 12.5. The Morgan fingerprint density at radius 2 is 0.780 bits per heavy atom. The van der Waals surface area contributed by atoms with E-state index in [0.29, 0.717) is 0 Å². The van der Waals surface area contributed by atoms with Crippen LogP contribution >= 0.6 is 0 Å². The van der Waals surface area contributed by atoms with Crippen molar-refractivity contribution in [1.29, 1.82) is 0 Å². The van der Waals surface area contributed by atoms with Crippen molar-refractivity contribution in [3.8, 4) is 44.9 Å². The van der Waals surface area contributed by atoms with Crippen LogP contribution in [-0.2, 0) is 5.41 Å². The van der Waals surface area contributed by atoms with Crippen LogP contribution in [0.15, 0.2) is 224 Å². The Bertz CT molecular complexity index is 3230. The van der Waals surface area contributed by atoms with E-state index in [4.69, 9.17) is 4.74 Å². The second kappa shape index (κ2) is 13.2. The highest BCUT2D eigenvalue weighted by molar-refractivity contribution is 6.06. The van der Waals surface area contributed by atoms with Crippen LogP contribution in [0.4, 0.5) is 17.1 Å². The van der Waals surface area contributed by atoms with Crippen LogP contribution < -0.4 is 9.64 Å². The molecule has 59 heavy (non-hydrogen) atoms. The van der Waals surface area contributed by atoms with Crippen LogP contribution in [0.2, 0.25) is 0 Å². The minimum atomic E-state index is -0.557. The molecule has 0 atom stereocenters. The lowest BCUT2D eigenvalue weighted by molar-refractivity contribution is 0.436. The normalized spacial score (nSPS) is 13.0. The average Bonchev–Trinajstić information content (AvgIpc) is 3.60. The second-order valence-corrected chi connectivity index (χ2v) is 15.5. The lowest BCUT2D eigenvalue weighted by atomic mass is 9.66. The van der Waals surface area contributed by atoms with E-state index in [1.807, 2.05) is 0 Å². The summed E-state index contributed by atoms with van der Waals surface area (Å²) < 4.78 is 6.84. The van der Waals surface area contributed by atoms with Gasteiger partial charge in [0.05, 0.1) is 22.5 Å². The van der Waals surface area contributed by atoms with Crippen molar-refractivity contribution in [2.45, 2.75) is 5.41 Å². The number of hydrogen-bond donors (Lipinski definition) is 0. The minimum absolute atomic E-state index is 0.557. The number of fused-ring (bicyclic) bond motifs is 11. The Labute approximate surface area is 343 Å². The lowest BCUT2D eigenvalue weighted by Crippen LogP contribution is -2.32. The van der Waals surface area contributed by atoms with E-state index in [2.05, 4.69) is 229 Å². The summed E-state index contributed by atoms with van der Waals surface area (Å²) in [5.41, 5.74) is 14.8. The first-order valence-electron chi connectivity index (χ1n) is 20.3. The molecule has 0 unspecified atom stereocenters. The first-order valence-corrected chi connectivity index (χ1v) is 20.3. The van der Waals surface area contributed by atoms with Crippen molar-refractivity contribution < 1.29 is 4.74 Å². The van der Waals surface area contributed by atoms with Crippen LogP contribution in [0.3, 0.4) is 0 Å². The Hall–Kier alpha value is -7.68. The van der Waals surface area contributed by atoms with Gasteiger partial charge in [0.2, 0.25) is 0 Å². The predicted octanol–water partition coefficient (Wildman–Crippen LogP) is 15.3. The van der Waals surface area contributed by atoms with E-state index < -0.39 is 5.41 Å². The Morgan fingerprint density at radius 1 is 0.305 bits per heavy atom. The summed E-state index contributed by atoms with van der Waals surface area (Å²) in [7, 11) is 0. The summed E-state index contributed by atoms with van der Waals surface area (Å²) in [6.45, 7) is 0. The maximum absolute atomic E-state index is 6.84. The maximum atomic E-state index is 6.84. The van der Waals surface area contributed by atoms with Gasteiger partial charge in [-0.1, -0.05) is 188 Å². The van der Waals surface area contributed by atoms with Gasteiger partial charge in [-0.15, -0.1) is 0 Å². The Morgan fingerprint density at radius 3 is 1.53 bits per heavy atom. The molecule has 0 bridgehead atoms. The van der Waals surface area contributed by atoms with Gasteiger partial charge in [0, 0.05) is 27.6 Å². The van der Waals surface area contributed by atoms with E-state index in [1.165, 1.54) is 54.9 Å². The summed E-state index contributed by atoms with van der Waals surface area (Å²) in [5.74, 6) is 1.77. The van der Waals surface area contributed by atoms with E-state index >= 15 is 0 Å². The summed E-state index contributed by atoms with van der Waals surface area (Å²) in [6.07, 6.45) is 0. The monoisotopic (exact) mass is 751 g/mol. The molecule has 10 aromatic rings. The number of hydrogen-bond acceptors (Lipinski definition) is 2. The van der Waals surface area contributed by atoms with Gasteiger partial charge >= 0.3 is 0 Å². The average molecular weight is 752 g/mol. The number of para-hydroxylation sites is 3. The zero-order valence-electron chi connectivity index (χ0n) is 32.2. The Kier molecular flexibility index (Phi) is 7.48. The van der Waals surface area contributed by atoms with Crippen LogP contribution in [0, 0.1) is 0 Å². The number of rotatable bonds is 5. The van der Waals surface area contributed by atoms with Crippen molar-refractivity contribution in [2.75, 3.05) is 4.90 Å². The highest BCUT2D eigenvalue weighted by atomic mass is 16.5. The standard InChI is InChI=1S/C57H37NO/c1-3-21-41-38(17-1)19-15-27-44(41)47-26-8-13-32-54(47)58(53-33-16-20-39-18-2-4-22-42(39)53)52-31-12-7-23-43(52)40-35-36-56-51(37-40)57(50-30-11-14-34-55(50)59-56)48-28-9-5-24-45(48)46-25-6-10-29-49(46)57/h1-37H. The summed E-state index contributed by atoms with van der Waals surface area (Å²) in [6, 6.07) is 81.7. The fraction of sp³-hybridized carbons (Fsp3) is 0.0175. The van der Waals surface area contributed by atoms with Crippen molar-refractivity contribution >= 4 is 38.6 Å². The predicted molar refractivity (Wildman–Crippen MR) is 244 cm³/mol. The summed E-state index contributed by atoms with van der Waals surface area (Å²) in [4.78, 5) is 2.48. The second-order valence-electron chi connectivity index (χ2n) is 15.5. The van der Waals surface area contributed by atoms with Gasteiger partial charge in [-0.05, 0) is 85.9 Å². The molecule has 0 amide bonds. The van der Waals surface area contributed by atoms with Gasteiger partial charge in [-0.25, -0.2) is 0 Å². The van der Waals surface area contributed by atoms with Gasteiger partial charge in [-0.2, -0.15) is 0 Å². The van der Waals surface area contributed by atoms with Crippen LogP contribution in [-0.4, -0.2) is 0 Å². The smallest absolute Gasteiger partial charge is 0.132 e. The number of benzene rings is 10. The van der Waals surface area contributed by atoms with Crippen molar-refractivity contribution in [3.05, 3.63) is 247 Å². The number of anilines is 3. The third kappa shape index (κ3) is 4.93. The number of ether oxygens (including phenoxy) is 1. The first kappa shape index (κ1) is 33.5. The molecule has 0 fully saturated rings. The fourth-order valence-corrected chi connectivity index (χ4v) is 10.1. The summed E-state index contributed by atoms with van der Waals surface area (Å²) >= 11 is 0. The molecule has 1 aliphatic carbocycles. The molecule has 0 radical (unpaired) electrons. The third-order valence-electron chi connectivity index (χ3n) is 12.5. The van der Waals surface area contributed by atoms with Crippen molar-refractivity contribution in [3.63, 3.8) is 0 Å². The first-order chi connectivity index (χ1) is 29.3. The highest BCUT2D eigenvalue weighted by Crippen LogP contribution is 2.62. The topological polar surface area (TPSA) is 12.5 Å². The largest absolute Gasteiger partial charge is 0.457 e. The molecule has 1 spiro atoms. The highest BCUT2D eigenvalue weighted by Gasteiger charge is 2.51. The molecule has 1 heterocycles. The molecule has 12 rings (SSSR count). The lowest BCUT2D eigenvalue weighted by Gasteiger charge is -2.39. The molecule has 1 aliphatic heterocycles. The molecule has 0 aromatic heterocycles. The molecule has 276 valence electrons. The molecule has 2 aliphatic rings. The SMILES string of the molecule is c1ccc2c(c1)Oc1ccc(-c3ccccc3N(c3ccccc3-c3cccc4ccccc34)c3cccc4ccccc34)cc1C21c2ccccc2-c2ccccc21. The van der Waals surface area contributed by atoms with Gasteiger partial charge in [0.1, 0.15) is 11.5 Å². The van der Waals surface area contributed by atoms with E-state index in [-0.39, 0.29) is 0 Å². The molecular formula is C57H37NO. The molecule has 0 N–H and O–H groups in total. The zero-order valence-corrected chi connectivity index (χ0v) is 32.2. The fourth-order valence-electron chi connectivity index (χ4n) is 10.1. The van der Waals surface area contributed by atoms with Gasteiger partial charge in [0.25, 0.3) is 0 Å². The molecule has 2 nitrogen and oxygen atoms in total.